The monoisotopic (exact) mass is 212 g/mol. The molecule has 0 bridgehead atoms. The molecule has 0 aliphatic rings. The largest absolute Gasteiger partial charge is 0.380 e. The summed E-state index contributed by atoms with van der Waals surface area (Å²) in [6.07, 6.45) is 3.97. The Hall–Kier alpha value is -0.760. The average Bonchev–Trinajstić information content (AvgIpc) is 2.19. The van der Waals surface area contributed by atoms with Crippen LogP contribution in [-0.4, -0.2) is 11.0 Å². The van der Waals surface area contributed by atoms with Gasteiger partial charge in [0.1, 0.15) is 0 Å². The quantitative estimate of drug-likeness (QED) is 0.771. The lowest BCUT2D eigenvalue weighted by Gasteiger charge is -2.17. The molecule has 1 aromatic heterocycles. The molecule has 0 spiro atoms. The zero-order valence-corrected chi connectivity index (χ0v) is 9.73. The third-order valence-electron chi connectivity index (χ3n) is 2.32. The second-order valence-corrected chi connectivity index (χ2v) is 3.87. The maximum absolute atomic E-state index is 5.98. The standard InChI is InChI=1S/C11H17ClN2/c1-4-9(5-2)14-10-6-8(3)7-13-11(10)12/h6-7,9,14H,4-5H2,1-3H3. The Morgan fingerprint density at radius 2 is 2.07 bits per heavy atom. The maximum Gasteiger partial charge on any atom is 0.152 e. The summed E-state index contributed by atoms with van der Waals surface area (Å²) in [6.45, 7) is 6.35. The van der Waals surface area contributed by atoms with Crippen LogP contribution in [0.4, 0.5) is 5.69 Å². The third-order valence-corrected chi connectivity index (χ3v) is 2.62. The first kappa shape index (κ1) is 11.3. The van der Waals surface area contributed by atoms with Gasteiger partial charge in [0.05, 0.1) is 5.69 Å². The highest BCUT2D eigenvalue weighted by Gasteiger charge is 2.06. The topological polar surface area (TPSA) is 24.9 Å². The number of nitrogens with zero attached hydrogens (tertiary/aromatic N) is 1. The van der Waals surface area contributed by atoms with E-state index in [1.807, 2.05) is 13.0 Å². The van der Waals surface area contributed by atoms with Gasteiger partial charge in [-0.25, -0.2) is 4.98 Å². The Morgan fingerprint density at radius 1 is 1.43 bits per heavy atom. The molecular weight excluding hydrogens is 196 g/mol. The van der Waals surface area contributed by atoms with E-state index in [4.69, 9.17) is 11.6 Å². The molecule has 0 aliphatic heterocycles. The van der Waals surface area contributed by atoms with Crippen molar-refractivity contribution in [2.75, 3.05) is 5.32 Å². The Labute approximate surface area is 90.7 Å². The number of rotatable bonds is 4. The van der Waals surface area contributed by atoms with E-state index in [2.05, 4.69) is 24.1 Å². The molecule has 1 aromatic rings. The summed E-state index contributed by atoms with van der Waals surface area (Å²) in [5.41, 5.74) is 2.07. The van der Waals surface area contributed by atoms with E-state index in [1.165, 1.54) is 0 Å². The van der Waals surface area contributed by atoms with Crippen molar-refractivity contribution in [2.45, 2.75) is 39.7 Å². The van der Waals surface area contributed by atoms with Crippen molar-refractivity contribution in [3.05, 3.63) is 23.0 Å². The number of pyridine rings is 1. The molecule has 2 nitrogen and oxygen atoms in total. The summed E-state index contributed by atoms with van der Waals surface area (Å²) >= 11 is 5.98. The molecule has 0 radical (unpaired) electrons. The normalized spacial score (nSPS) is 10.6. The molecular formula is C11H17ClN2. The van der Waals surface area contributed by atoms with Gasteiger partial charge in [-0.3, -0.25) is 0 Å². The van der Waals surface area contributed by atoms with Gasteiger partial charge in [-0.2, -0.15) is 0 Å². The third kappa shape index (κ3) is 2.88. The summed E-state index contributed by atoms with van der Waals surface area (Å²) in [5, 5.41) is 3.95. The van der Waals surface area contributed by atoms with Gasteiger partial charge < -0.3 is 5.32 Å². The Kier molecular flexibility index (Phi) is 4.21. The zero-order chi connectivity index (χ0) is 10.6. The summed E-state index contributed by atoms with van der Waals surface area (Å²) in [5.74, 6) is 0. The van der Waals surface area contributed by atoms with E-state index in [0.717, 1.165) is 24.1 Å². The molecule has 1 rings (SSSR count). The van der Waals surface area contributed by atoms with Crippen LogP contribution < -0.4 is 5.32 Å². The second kappa shape index (κ2) is 5.20. The predicted molar refractivity (Wildman–Crippen MR) is 62.0 cm³/mol. The molecule has 0 amide bonds. The first-order chi connectivity index (χ1) is 6.67. The van der Waals surface area contributed by atoms with Gasteiger partial charge in [-0.1, -0.05) is 25.4 Å². The zero-order valence-electron chi connectivity index (χ0n) is 8.97. The van der Waals surface area contributed by atoms with Crippen LogP contribution in [0.5, 0.6) is 0 Å². The van der Waals surface area contributed by atoms with E-state index in [9.17, 15) is 0 Å². The second-order valence-electron chi connectivity index (χ2n) is 3.51. The molecule has 0 aromatic carbocycles. The summed E-state index contributed by atoms with van der Waals surface area (Å²) in [4.78, 5) is 4.10. The molecule has 0 unspecified atom stereocenters. The van der Waals surface area contributed by atoms with Gasteiger partial charge in [0.2, 0.25) is 0 Å². The van der Waals surface area contributed by atoms with Crippen LogP contribution in [0.1, 0.15) is 32.3 Å². The highest BCUT2D eigenvalue weighted by molar-refractivity contribution is 6.31. The lowest BCUT2D eigenvalue weighted by Crippen LogP contribution is -2.17. The maximum atomic E-state index is 5.98. The predicted octanol–water partition coefficient (Wildman–Crippen LogP) is 3.64. The molecule has 0 atom stereocenters. The van der Waals surface area contributed by atoms with Crippen LogP contribution in [0, 0.1) is 6.92 Å². The fourth-order valence-corrected chi connectivity index (χ4v) is 1.52. The van der Waals surface area contributed by atoms with Crippen LogP contribution in [-0.2, 0) is 0 Å². The number of aryl methyl sites for hydroxylation is 1. The summed E-state index contributed by atoms with van der Waals surface area (Å²) in [6, 6.07) is 2.52. The summed E-state index contributed by atoms with van der Waals surface area (Å²) in [7, 11) is 0. The fourth-order valence-electron chi connectivity index (χ4n) is 1.37. The molecule has 0 fully saturated rings. The van der Waals surface area contributed by atoms with Crippen molar-refractivity contribution in [1.82, 2.24) is 4.98 Å². The van der Waals surface area contributed by atoms with Gasteiger partial charge >= 0.3 is 0 Å². The van der Waals surface area contributed by atoms with Crippen LogP contribution in [0.25, 0.3) is 0 Å². The van der Waals surface area contributed by atoms with Gasteiger partial charge in [-0.15, -0.1) is 0 Å². The number of anilines is 1. The van der Waals surface area contributed by atoms with E-state index in [0.29, 0.717) is 11.2 Å². The number of halogens is 1. The van der Waals surface area contributed by atoms with Crippen molar-refractivity contribution in [3.8, 4) is 0 Å². The van der Waals surface area contributed by atoms with E-state index in [1.54, 1.807) is 6.20 Å². The molecule has 78 valence electrons. The van der Waals surface area contributed by atoms with E-state index >= 15 is 0 Å². The molecule has 0 saturated heterocycles. The van der Waals surface area contributed by atoms with Crippen molar-refractivity contribution >= 4 is 17.3 Å². The highest BCUT2D eigenvalue weighted by atomic mass is 35.5. The Balaban J connectivity index is 2.79. The van der Waals surface area contributed by atoms with Crippen molar-refractivity contribution in [2.24, 2.45) is 0 Å². The lowest BCUT2D eigenvalue weighted by atomic mass is 10.1. The van der Waals surface area contributed by atoms with Gasteiger partial charge in [0, 0.05) is 12.2 Å². The van der Waals surface area contributed by atoms with Gasteiger partial charge in [-0.05, 0) is 31.4 Å². The Morgan fingerprint density at radius 3 is 2.64 bits per heavy atom. The van der Waals surface area contributed by atoms with Crippen LogP contribution in [0.2, 0.25) is 5.15 Å². The number of aromatic nitrogens is 1. The first-order valence-corrected chi connectivity index (χ1v) is 5.43. The highest BCUT2D eigenvalue weighted by Crippen LogP contribution is 2.21. The van der Waals surface area contributed by atoms with Crippen molar-refractivity contribution < 1.29 is 0 Å². The molecule has 1 heterocycles. The smallest absolute Gasteiger partial charge is 0.152 e. The molecule has 3 heteroatoms. The Bertz CT molecular complexity index is 295. The van der Waals surface area contributed by atoms with E-state index in [-0.39, 0.29) is 0 Å². The average molecular weight is 213 g/mol. The number of nitrogens with one attached hydrogen (secondary N) is 1. The minimum atomic E-state index is 0.482. The summed E-state index contributed by atoms with van der Waals surface area (Å²) < 4.78 is 0. The van der Waals surface area contributed by atoms with Gasteiger partial charge in [0.15, 0.2) is 5.15 Å². The van der Waals surface area contributed by atoms with E-state index < -0.39 is 0 Å². The van der Waals surface area contributed by atoms with Crippen LogP contribution in [0.3, 0.4) is 0 Å². The fraction of sp³-hybridized carbons (Fsp3) is 0.545. The van der Waals surface area contributed by atoms with Crippen LogP contribution >= 0.6 is 11.6 Å². The SMILES string of the molecule is CCC(CC)Nc1cc(C)cnc1Cl. The number of hydrogen-bond acceptors (Lipinski definition) is 2. The minimum absolute atomic E-state index is 0.482. The lowest BCUT2D eigenvalue weighted by molar-refractivity contribution is 0.671. The molecule has 0 saturated carbocycles. The molecule has 0 aliphatic carbocycles. The molecule has 1 N–H and O–H groups in total. The number of hydrogen-bond donors (Lipinski definition) is 1. The first-order valence-electron chi connectivity index (χ1n) is 5.06. The minimum Gasteiger partial charge on any atom is -0.380 e. The van der Waals surface area contributed by atoms with Crippen LogP contribution in [0.15, 0.2) is 12.3 Å². The van der Waals surface area contributed by atoms with Gasteiger partial charge in [0.25, 0.3) is 0 Å². The van der Waals surface area contributed by atoms with Crippen molar-refractivity contribution in [1.29, 1.82) is 0 Å². The molecule has 14 heavy (non-hydrogen) atoms. The van der Waals surface area contributed by atoms with Crippen molar-refractivity contribution in [3.63, 3.8) is 0 Å².